The Balaban J connectivity index is 2.02. The van der Waals surface area contributed by atoms with E-state index in [1.807, 2.05) is 13.0 Å². The first kappa shape index (κ1) is 15.0. The van der Waals surface area contributed by atoms with Crippen molar-refractivity contribution in [1.29, 1.82) is 0 Å². The number of nitrogen functional groups attached to an aromatic ring is 1. The van der Waals surface area contributed by atoms with Crippen LogP contribution >= 0.6 is 0 Å². The van der Waals surface area contributed by atoms with Gasteiger partial charge in [-0.3, -0.25) is 0 Å². The van der Waals surface area contributed by atoms with Gasteiger partial charge in [-0.15, -0.1) is 0 Å². The summed E-state index contributed by atoms with van der Waals surface area (Å²) in [5.41, 5.74) is 8.30. The zero-order valence-electron chi connectivity index (χ0n) is 12.2. The fourth-order valence-corrected chi connectivity index (χ4v) is 2.18. The third kappa shape index (κ3) is 2.98. The van der Waals surface area contributed by atoms with Gasteiger partial charge in [0.2, 0.25) is 5.82 Å². The van der Waals surface area contributed by atoms with Crippen molar-refractivity contribution in [2.24, 2.45) is 0 Å². The summed E-state index contributed by atoms with van der Waals surface area (Å²) in [5, 5.41) is 3.90. The summed E-state index contributed by atoms with van der Waals surface area (Å²) in [4.78, 5) is 4.26. The van der Waals surface area contributed by atoms with Crippen LogP contribution in [0.5, 0.6) is 5.75 Å². The molecule has 0 radical (unpaired) electrons. The van der Waals surface area contributed by atoms with E-state index < -0.39 is 6.61 Å². The number of para-hydroxylation sites is 1. The lowest BCUT2D eigenvalue weighted by molar-refractivity contribution is -0.0495. The third-order valence-electron chi connectivity index (χ3n) is 3.38. The number of benzene rings is 2. The lowest BCUT2D eigenvalue weighted by Crippen LogP contribution is -2.03. The van der Waals surface area contributed by atoms with Crippen molar-refractivity contribution in [3.05, 3.63) is 48.0 Å². The van der Waals surface area contributed by atoms with E-state index in [9.17, 15) is 8.78 Å². The third-order valence-corrected chi connectivity index (χ3v) is 3.38. The van der Waals surface area contributed by atoms with Gasteiger partial charge in [-0.25, -0.2) is 0 Å². The van der Waals surface area contributed by atoms with E-state index in [0.29, 0.717) is 22.6 Å². The molecule has 0 fully saturated rings. The molecule has 7 heteroatoms. The minimum absolute atomic E-state index is 0.0259. The highest BCUT2D eigenvalue weighted by Gasteiger charge is 2.18. The Morgan fingerprint density at radius 2 is 1.83 bits per heavy atom. The summed E-state index contributed by atoms with van der Waals surface area (Å²) in [7, 11) is 0. The molecule has 1 aromatic heterocycles. The van der Waals surface area contributed by atoms with Crippen LogP contribution in [0.2, 0.25) is 0 Å². The SMILES string of the molecule is Cc1c(N)cccc1-c1noc(-c2ccccc2OC(F)F)n1. The summed E-state index contributed by atoms with van der Waals surface area (Å²) in [6.07, 6.45) is 0. The van der Waals surface area contributed by atoms with Crippen LogP contribution in [0.15, 0.2) is 47.0 Å². The monoisotopic (exact) mass is 317 g/mol. The molecule has 0 atom stereocenters. The Kier molecular flexibility index (Phi) is 3.92. The fraction of sp³-hybridized carbons (Fsp3) is 0.125. The van der Waals surface area contributed by atoms with Crippen LogP contribution in [0.1, 0.15) is 5.56 Å². The number of rotatable bonds is 4. The number of ether oxygens (including phenoxy) is 1. The highest BCUT2D eigenvalue weighted by atomic mass is 19.3. The number of aromatic nitrogens is 2. The van der Waals surface area contributed by atoms with Crippen molar-refractivity contribution in [2.45, 2.75) is 13.5 Å². The topological polar surface area (TPSA) is 74.2 Å². The minimum atomic E-state index is -2.94. The molecule has 2 N–H and O–H groups in total. The Bertz CT molecular complexity index is 834. The second-order valence-corrected chi connectivity index (χ2v) is 4.82. The molecule has 2 aromatic carbocycles. The fourth-order valence-electron chi connectivity index (χ4n) is 2.18. The van der Waals surface area contributed by atoms with E-state index in [2.05, 4.69) is 14.9 Å². The highest BCUT2D eigenvalue weighted by Crippen LogP contribution is 2.32. The van der Waals surface area contributed by atoms with Gasteiger partial charge in [0, 0.05) is 11.3 Å². The van der Waals surface area contributed by atoms with Crippen LogP contribution in [0.25, 0.3) is 22.8 Å². The first-order valence-electron chi connectivity index (χ1n) is 6.79. The standard InChI is InChI=1S/C16H13F2N3O2/c1-9-10(6-4-7-12(9)19)14-20-15(23-21-14)11-5-2-3-8-13(11)22-16(17)18/h2-8,16H,19H2,1H3. The van der Waals surface area contributed by atoms with Crippen LogP contribution in [0.3, 0.4) is 0 Å². The summed E-state index contributed by atoms with van der Waals surface area (Å²) in [5.74, 6) is 0.400. The molecule has 3 aromatic rings. The largest absolute Gasteiger partial charge is 0.434 e. The second-order valence-electron chi connectivity index (χ2n) is 4.82. The van der Waals surface area contributed by atoms with Gasteiger partial charge in [0.05, 0.1) is 5.56 Å². The summed E-state index contributed by atoms with van der Waals surface area (Å²) in [6, 6.07) is 11.6. The number of nitrogens with two attached hydrogens (primary N) is 1. The normalized spacial score (nSPS) is 11.0. The van der Waals surface area contributed by atoms with Crippen molar-refractivity contribution < 1.29 is 18.0 Å². The minimum Gasteiger partial charge on any atom is -0.434 e. The van der Waals surface area contributed by atoms with E-state index in [1.165, 1.54) is 6.07 Å². The van der Waals surface area contributed by atoms with Crippen LogP contribution in [0.4, 0.5) is 14.5 Å². The van der Waals surface area contributed by atoms with Crippen LogP contribution in [0, 0.1) is 6.92 Å². The number of hydrogen-bond acceptors (Lipinski definition) is 5. The van der Waals surface area contributed by atoms with Gasteiger partial charge in [-0.05, 0) is 30.7 Å². The van der Waals surface area contributed by atoms with E-state index >= 15 is 0 Å². The van der Waals surface area contributed by atoms with E-state index in [0.717, 1.165) is 5.56 Å². The predicted molar refractivity (Wildman–Crippen MR) is 81.0 cm³/mol. The van der Waals surface area contributed by atoms with Gasteiger partial charge in [0.1, 0.15) is 5.75 Å². The number of anilines is 1. The smallest absolute Gasteiger partial charge is 0.387 e. The summed E-state index contributed by atoms with van der Waals surface area (Å²) in [6.45, 7) is -1.09. The first-order valence-corrected chi connectivity index (χ1v) is 6.79. The molecule has 5 nitrogen and oxygen atoms in total. The molecular formula is C16H13F2N3O2. The molecule has 23 heavy (non-hydrogen) atoms. The Hall–Kier alpha value is -2.96. The Morgan fingerprint density at radius 1 is 1.09 bits per heavy atom. The van der Waals surface area contributed by atoms with E-state index in [-0.39, 0.29) is 11.6 Å². The molecule has 0 unspecified atom stereocenters. The van der Waals surface area contributed by atoms with Crippen molar-refractivity contribution in [1.82, 2.24) is 10.1 Å². The van der Waals surface area contributed by atoms with Gasteiger partial charge in [-0.2, -0.15) is 13.8 Å². The van der Waals surface area contributed by atoms with Crippen molar-refractivity contribution in [2.75, 3.05) is 5.73 Å². The average molecular weight is 317 g/mol. The van der Waals surface area contributed by atoms with Gasteiger partial charge >= 0.3 is 6.61 Å². The molecule has 3 rings (SSSR count). The lowest BCUT2D eigenvalue weighted by Gasteiger charge is -2.07. The average Bonchev–Trinajstić information content (AvgIpc) is 2.99. The van der Waals surface area contributed by atoms with Crippen molar-refractivity contribution in [3.63, 3.8) is 0 Å². The maximum absolute atomic E-state index is 12.5. The molecule has 0 bridgehead atoms. The quantitative estimate of drug-likeness (QED) is 0.739. The molecule has 118 valence electrons. The Labute approximate surface area is 130 Å². The van der Waals surface area contributed by atoms with E-state index in [1.54, 1.807) is 30.3 Å². The zero-order chi connectivity index (χ0) is 16.4. The molecule has 1 heterocycles. The molecule has 0 spiro atoms. The number of halogens is 2. The molecule has 0 saturated carbocycles. The van der Waals surface area contributed by atoms with Gasteiger partial charge < -0.3 is 15.0 Å². The maximum atomic E-state index is 12.5. The first-order chi connectivity index (χ1) is 11.1. The predicted octanol–water partition coefficient (Wildman–Crippen LogP) is 3.90. The Morgan fingerprint density at radius 3 is 2.61 bits per heavy atom. The maximum Gasteiger partial charge on any atom is 0.387 e. The molecule has 0 saturated heterocycles. The number of nitrogens with zero attached hydrogens (tertiary/aromatic N) is 2. The lowest BCUT2D eigenvalue weighted by atomic mass is 10.1. The number of hydrogen-bond donors (Lipinski definition) is 1. The van der Waals surface area contributed by atoms with Crippen LogP contribution < -0.4 is 10.5 Å². The number of alkyl halides is 2. The summed E-state index contributed by atoms with van der Waals surface area (Å²) >= 11 is 0. The highest BCUT2D eigenvalue weighted by molar-refractivity contribution is 5.70. The molecule has 0 aliphatic heterocycles. The van der Waals surface area contributed by atoms with Crippen LogP contribution in [-0.2, 0) is 0 Å². The van der Waals surface area contributed by atoms with Crippen LogP contribution in [-0.4, -0.2) is 16.8 Å². The summed E-state index contributed by atoms with van der Waals surface area (Å²) < 4.78 is 34.6. The molecule has 0 aliphatic rings. The van der Waals surface area contributed by atoms with Gasteiger partial charge in [0.25, 0.3) is 5.89 Å². The zero-order valence-corrected chi connectivity index (χ0v) is 12.2. The van der Waals surface area contributed by atoms with Gasteiger partial charge in [-0.1, -0.05) is 29.4 Å². The molecule has 0 amide bonds. The van der Waals surface area contributed by atoms with Crippen molar-refractivity contribution >= 4 is 5.69 Å². The molecule has 0 aliphatic carbocycles. The second kappa shape index (κ2) is 6.04. The van der Waals surface area contributed by atoms with E-state index in [4.69, 9.17) is 10.3 Å². The van der Waals surface area contributed by atoms with Crippen molar-refractivity contribution in [3.8, 4) is 28.6 Å². The molecular weight excluding hydrogens is 304 g/mol. The van der Waals surface area contributed by atoms with Gasteiger partial charge in [0.15, 0.2) is 0 Å².